The quantitative estimate of drug-likeness (QED) is 0.223. The minimum Gasteiger partial charge on any atom is -0.423 e. The minimum atomic E-state index is -1.38. The third-order valence-electron chi connectivity index (χ3n) is 6.60. The number of aryl methyl sites for hydroxylation is 2. The predicted molar refractivity (Wildman–Crippen MR) is 151 cm³/mol. The fourth-order valence-corrected chi connectivity index (χ4v) is 5.05. The van der Waals surface area contributed by atoms with Gasteiger partial charge in [-0.3, -0.25) is 9.97 Å². The van der Waals surface area contributed by atoms with E-state index in [0.717, 1.165) is 39.8 Å². The Hall–Kier alpha value is -3.20. The Morgan fingerprint density at radius 3 is 1.75 bits per heavy atom. The highest BCUT2D eigenvalue weighted by molar-refractivity contribution is 9.10. The number of halogens is 1. The van der Waals surface area contributed by atoms with Crippen molar-refractivity contribution < 1.29 is 10.0 Å². The van der Waals surface area contributed by atoms with Crippen LogP contribution in [0.15, 0.2) is 77.8 Å². The highest BCUT2D eigenvalue weighted by atomic mass is 79.9. The van der Waals surface area contributed by atoms with Gasteiger partial charge in [0.25, 0.3) is 0 Å². The molecule has 2 aliphatic rings. The van der Waals surface area contributed by atoms with Gasteiger partial charge in [-0.1, -0.05) is 18.2 Å². The van der Waals surface area contributed by atoms with Crippen molar-refractivity contribution in [1.82, 2.24) is 9.97 Å². The van der Waals surface area contributed by atoms with Gasteiger partial charge in [0, 0.05) is 46.2 Å². The van der Waals surface area contributed by atoms with E-state index in [1.54, 1.807) is 12.1 Å². The van der Waals surface area contributed by atoms with Gasteiger partial charge in [0.2, 0.25) is 0 Å². The first-order valence-corrected chi connectivity index (χ1v) is 12.9. The summed E-state index contributed by atoms with van der Waals surface area (Å²) in [5.41, 5.74) is 22.4. The Morgan fingerprint density at radius 1 is 0.667 bits per heavy atom. The van der Waals surface area contributed by atoms with Crippen LogP contribution in [0.1, 0.15) is 35.1 Å². The summed E-state index contributed by atoms with van der Waals surface area (Å²) in [7, 11) is -1.38. The Balaban J connectivity index is 0.000000134. The number of hydrogen-bond acceptors (Lipinski definition) is 6. The highest BCUT2D eigenvalue weighted by Crippen LogP contribution is 2.35. The first-order valence-electron chi connectivity index (χ1n) is 12.1. The molecule has 8 heteroatoms. The number of anilines is 2. The maximum Gasteiger partial charge on any atom is 0.488 e. The summed E-state index contributed by atoms with van der Waals surface area (Å²) in [5, 5.41) is 17.1. The van der Waals surface area contributed by atoms with Gasteiger partial charge in [-0.2, -0.15) is 0 Å². The molecular weight excluding hydrogens is 515 g/mol. The Kier molecular flexibility index (Phi) is 8.75. The van der Waals surface area contributed by atoms with E-state index in [2.05, 4.69) is 44.1 Å². The molecule has 2 aromatic heterocycles. The fourth-order valence-electron chi connectivity index (χ4n) is 4.68. The zero-order valence-electron chi connectivity index (χ0n) is 20.1. The monoisotopic (exact) mass is 544 g/mol. The lowest BCUT2D eigenvalue weighted by Crippen LogP contribution is -2.29. The number of rotatable bonds is 2. The molecule has 184 valence electrons. The molecule has 4 aromatic rings. The number of fused-ring (bicyclic) bond motifs is 2. The van der Waals surface area contributed by atoms with Crippen molar-refractivity contribution in [2.24, 2.45) is 0 Å². The van der Waals surface area contributed by atoms with Crippen LogP contribution in [0, 0.1) is 0 Å². The summed E-state index contributed by atoms with van der Waals surface area (Å²) in [6, 6.07) is 15.7. The maximum absolute atomic E-state index is 8.55. The van der Waals surface area contributed by atoms with Crippen molar-refractivity contribution in [3.05, 3.63) is 100 Å². The molecule has 2 aliphatic carbocycles. The summed E-state index contributed by atoms with van der Waals surface area (Å²) >= 11 is 3.42. The van der Waals surface area contributed by atoms with Gasteiger partial charge < -0.3 is 21.5 Å². The van der Waals surface area contributed by atoms with Crippen molar-refractivity contribution in [3.8, 4) is 11.1 Å². The van der Waals surface area contributed by atoms with Gasteiger partial charge in [0.1, 0.15) is 0 Å². The molecule has 0 radical (unpaired) electrons. The van der Waals surface area contributed by atoms with E-state index in [1.165, 1.54) is 60.3 Å². The molecule has 0 saturated carbocycles. The second-order valence-corrected chi connectivity index (χ2v) is 9.71. The first kappa shape index (κ1) is 25.9. The summed E-state index contributed by atoms with van der Waals surface area (Å²) < 4.78 is 1.04. The molecule has 0 spiro atoms. The van der Waals surface area contributed by atoms with Crippen LogP contribution in [0.4, 0.5) is 11.4 Å². The van der Waals surface area contributed by atoms with Crippen LogP contribution >= 0.6 is 15.9 Å². The Labute approximate surface area is 220 Å². The van der Waals surface area contributed by atoms with Crippen molar-refractivity contribution in [2.75, 3.05) is 11.5 Å². The van der Waals surface area contributed by atoms with Crippen LogP contribution in [0.25, 0.3) is 11.1 Å². The smallest absolute Gasteiger partial charge is 0.423 e. The van der Waals surface area contributed by atoms with Gasteiger partial charge in [-0.25, -0.2) is 0 Å². The summed E-state index contributed by atoms with van der Waals surface area (Å²) in [6.07, 6.45) is 13.8. The Morgan fingerprint density at radius 2 is 1.19 bits per heavy atom. The molecule has 2 heterocycles. The molecule has 0 unspecified atom stereocenters. The third kappa shape index (κ3) is 6.13. The average Bonchev–Trinajstić information content (AvgIpc) is 3.59. The van der Waals surface area contributed by atoms with Crippen LogP contribution < -0.4 is 16.9 Å². The van der Waals surface area contributed by atoms with Crippen molar-refractivity contribution in [1.29, 1.82) is 0 Å². The van der Waals surface area contributed by atoms with Gasteiger partial charge in [0.15, 0.2) is 0 Å². The van der Waals surface area contributed by atoms with Crippen LogP contribution in [0.2, 0.25) is 0 Å². The number of nitrogens with two attached hydrogens (primary N) is 2. The van der Waals surface area contributed by atoms with E-state index in [9.17, 15) is 0 Å². The lowest BCUT2D eigenvalue weighted by molar-refractivity contribution is 0.425. The second kappa shape index (κ2) is 12.2. The summed E-state index contributed by atoms with van der Waals surface area (Å²) in [6.45, 7) is 0. The molecule has 0 bridgehead atoms. The van der Waals surface area contributed by atoms with E-state index in [1.807, 2.05) is 30.6 Å². The summed E-state index contributed by atoms with van der Waals surface area (Å²) in [5.74, 6) is 0. The standard InChI is InChI=1S/C14H14N2.C9H10BrN.C5H6BNO2/c15-14-12-3-1-2-10(12)4-5-13(14)11-6-8-16-9-7-11;10-8-5-4-6-2-1-3-7(6)9(8)11;8-6(9)5-1-3-7-4-2-5/h4-9H,1-3,15H2;4-5H,1-3,11H2;1-4,8-9H. The predicted octanol–water partition coefficient (Wildman–Crippen LogP) is 4.10. The van der Waals surface area contributed by atoms with E-state index in [4.69, 9.17) is 21.5 Å². The molecule has 6 nitrogen and oxygen atoms in total. The van der Waals surface area contributed by atoms with Crippen molar-refractivity contribution in [2.45, 2.75) is 38.5 Å². The molecule has 36 heavy (non-hydrogen) atoms. The molecule has 0 atom stereocenters. The molecule has 0 fully saturated rings. The zero-order valence-corrected chi connectivity index (χ0v) is 21.7. The van der Waals surface area contributed by atoms with Crippen molar-refractivity contribution >= 4 is 39.9 Å². The molecule has 2 aromatic carbocycles. The molecule has 6 N–H and O–H groups in total. The summed E-state index contributed by atoms with van der Waals surface area (Å²) in [4.78, 5) is 7.74. The van der Waals surface area contributed by atoms with E-state index in [-0.39, 0.29) is 0 Å². The number of hydrogen-bond donors (Lipinski definition) is 4. The largest absolute Gasteiger partial charge is 0.488 e. The average molecular weight is 545 g/mol. The minimum absolute atomic E-state index is 0.463. The number of benzene rings is 2. The fraction of sp³-hybridized carbons (Fsp3) is 0.214. The topological polar surface area (TPSA) is 118 Å². The van der Waals surface area contributed by atoms with Crippen molar-refractivity contribution in [3.63, 3.8) is 0 Å². The van der Waals surface area contributed by atoms with E-state index >= 15 is 0 Å². The SMILES string of the molecule is Nc1c(-c2ccncc2)ccc2c1CCC2.Nc1c(Br)ccc2c1CCC2.OB(O)c1ccncc1. The number of aromatic nitrogens is 2. The van der Waals surface area contributed by atoms with Crippen LogP contribution in [0.5, 0.6) is 0 Å². The molecular formula is C28H30BBrN4O2. The highest BCUT2D eigenvalue weighted by Gasteiger charge is 2.16. The Bertz CT molecular complexity index is 1300. The number of nitrogens with zero attached hydrogens (tertiary/aromatic N) is 2. The lowest BCUT2D eigenvalue weighted by atomic mass is 9.81. The molecule has 0 saturated heterocycles. The number of pyridine rings is 2. The van der Waals surface area contributed by atoms with Crippen LogP contribution in [0.3, 0.4) is 0 Å². The zero-order chi connectivity index (χ0) is 25.5. The molecule has 0 aliphatic heterocycles. The molecule has 6 rings (SSSR count). The van der Waals surface area contributed by atoms with E-state index in [0.29, 0.717) is 5.46 Å². The maximum atomic E-state index is 8.55. The third-order valence-corrected chi connectivity index (χ3v) is 7.29. The van der Waals surface area contributed by atoms with Crippen LogP contribution in [-0.4, -0.2) is 27.1 Å². The van der Waals surface area contributed by atoms with Gasteiger partial charge in [-0.05, 0) is 118 Å². The van der Waals surface area contributed by atoms with Gasteiger partial charge in [-0.15, -0.1) is 0 Å². The van der Waals surface area contributed by atoms with Gasteiger partial charge >= 0.3 is 7.12 Å². The van der Waals surface area contributed by atoms with Crippen LogP contribution in [-0.2, 0) is 25.7 Å². The van der Waals surface area contributed by atoms with E-state index < -0.39 is 7.12 Å². The normalized spacial score (nSPS) is 13.0. The molecule has 0 amide bonds. The lowest BCUT2D eigenvalue weighted by Gasteiger charge is -2.10. The number of nitrogen functional groups attached to an aromatic ring is 2. The second-order valence-electron chi connectivity index (χ2n) is 8.86. The first-order chi connectivity index (χ1) is 17.5. The van der Waals surface area contributed by atoms with Gasteiger partial charge in [0.05, 0.1) is 0 Å².